The molecule has 2 rings (SSSR count). The second-order valence-electron chi connectivity index (χ2n) is 4.08. The average Bonchev–Trinajstić information content (AvgIpc) is 2.44. The average molecular weight is 356 g/mol. The van der Waals surface area contributed by atoms with Crippen LogP contribution in [0, 0.1) is 11.6 Å². The van der Waals surface area contributed by atoms with E-state index in [1.54, 1.807) is 0 Å². The molecule has 21 heavy (non-hydrogen) atoms. The maximum absolute atomic E-state index is 13.5. The fourth-order valence-electron chi connectivity index (χ4n) is 1.58. The van der Waals surface area contributed by atoms with Crippen molar-refractivity contribution in [1.82, 2.24) is 0 Å². The number of carbonyl (C=O) groups excluding carboxylic acids is 1. The number of amides is 1. The molecule has 0 aromatic heterocycles. The third-order valence-corrected chi connectivity index (χ3v) is 3.26. The Bertz CT molecular complexity index is 717. The van der Waals surface area contributed by atoms with Crippen LogP contribution in [0.5, 0.6) is 0 Å². The first-order valence-electron chi connectivity index (χ1n) is 5.67. The zero-order chi connectivity index (χ0) is 15.6. The Hall–Kier alpha value is -2.28. The molecule has 2 N–H and O–H groups in total. The molecule has 0 bridgehead atoms. The molecule has 0 aliphatic carbocycles. The number of carbonyl (C=O) groups is 2. The first kappa shape index (κ1) is 15.1. The van der Waals surface area contributed by atoms with Crippen LogP contribution in [0.15, 0.2) is 40.9 Å². The number of anilines is 1. The molecule has 0 saturated heterocycles. The predicted molar refractivity (Wildman–Crippen MR) is 75.4 cm³/mol. The Morgan fingerprint density at radius 1 is 1.00 bits per heavy atom. The summed E-state index contributed by atoms with van der Waals surface area (Å²) in [6, 6.07) is 6.87. The smallest absolute Gasteiger partial charge is 0.335 e. The lowest BCUT2D eigenvalue weighted by atomic mass is 10.1. The van der Waals surface area contributed by atoms with Crippen LogP contribution in [0.1, 0.15) is 20.7 Å². The lowest BCUT2D eigenvalue weighted by molar-refractivity contribution is 0.0696. The number of benzene rings is 2. The van der Waals surface area contributed by atoms with Crippen molar-refractivity contribution < 1.29 is 23.5 Å². The normalized spacial score (nSPS) is 10.2. The summed E-state index contributed by atoms with van der Waals surface area (Å²) in [5.74, 6) is -3.44. The minimum Gasteiger partial charge on any atom is -0.478 e. The summed E-state index contributed by atoms with van der Waals surface area (Å²) in [5, 5.41) is 11.0. The van der Waals surface area contributed by atoms with Crippen molar-refractivity contribution in [3.05, 3.63) is 63.6 Å². The highest BCUT2D eigenvalue weighted by Crippen LogP contribution is 2.24. The molecule has 2 aromatic rings. The number of carboxylic acid groups (broad SMARTS) is 1. The van der Waals surface area contributed by atoms with Gasteiger partial charge < -0.3 is 10.4 Å². The molecule has 108 valence electrons. The van der Waals surface area contributed by atoms with Crippen molar-refractivity contribution in [3.63, 3.8) is 0 Å². The van der Waals surface area contributed by atoms with Gasteiger partial charge in [-0.2, -0.15) is 0 Å². The second-order valence-corrected chi connectivity index (χ2v) is 4.94. The topological polar surface area (TPSA) is 66.4 Å². The van der Waals surface area contributed by atoms with E-state index in [1.807, 2.05) is 0 Å². The molecule has 0 saturated carbocycles. The Morgan fingerprint density at radius 2 is 1.57 bits per heavy atom. The Morgan fingerprint density at radius 3 is 2.14 bits per heavy atom. The summed E-state index contributed by atoms with van der Waals surface area (Å²) >= 11 is 2.89. The summed E-state index contributed by atoms with van der Waals surface area (Å²) in [5.41, 5.74) is -0.00214. The number of rotatable bonds is 3. The molecule has 0 fully saturated rings. The van der Waals surface area contributed by atoms with Gasteiger partial charge in [0, 0.05) is 11.6 Å². The Labute approximate surface area is 126 Å². The predicted octanol–water partition coefficient (Wildman–Crippen LogP) is 3.68. The molecule has 0 radical (unpaired) electrons. The Balaban J connectivity index is 2.22. The lowest BCUT2D eigenvalue weighted by Crippen LogP contribution is -2.13. The molecule has 0 atom stereocenters. The van der Waals surface area contributed by atoms with Crippen molar-refractivity contribution >= 4 is 33.5 Å². The fraction of sp³-hybridized carbons (Fsp3) is 0. The van der Waals surface area contributed by atoms with E-state index in [0.29, 0.717) is 6.07 Å². The van der Waals surface area contributed by atoms with Crippen LogP contribution < -0.4 is 5.32 Å². The minimum atomic E-state index is -1.12. The van der Waals surface area contributed by atoms with Crippen LogP contribution >= 0.6 is 15.9 Å². The molecule has 2 aromatic carbocycles. The van der Waals surface area contributed by atoms with E-state index < -0.39 is 23.5 Å². The number of carboxylic acids is 1. The molecule has 1 amide bonds. The van der Waals surface area contributed by atoms with Gasteiger partial charge in [0.15, 0.2) is 0 Å². The summed E-state index contributed by atoms with van der Waals surface area (Å²) in [7, 11) is 0. The monoisotopic (exact) mass is 355 g/mol. The highest BCUT2D eigenvalue weighted by Gasteiger charge is 2.13. The molecule has 0 heterocycles. The van der Waals surface area contributed by atoms with Gasteiger partial charge in [0.25, 0.3) is 5.91 Å². The van der Waals surface area contributed by atoms with Gasteiger partial charge in [0.05, 0.1) is 15.7 Å². The van der Waals surface area contributed by atoms with Crippen molar-refractivity contribution in [3.8, 4) is 0 Å². The van der Waals surface area contributed by atoms with E-state index in [-0.39, 0.29) is 21.3 Å². The van der Waals surface area contributed by atoms with Gasteiger partial charge in [-0.05, 0) is 46.3 Å². The SMILES string of the molecule is O=C(O)c1ccc(C(=O)Nc2cc(Br)c(F)cc2F)cc1. The lowest BCUT2D eigenvalue weighted by Gasteiger charge is -2.08. The van der Waals surface area contributed by atoms with Gasteiger partial charge in [0.1, 0.15) is 11.6 Å². The molecular formula is C14H8BrF2NO3. The van der Waals surface area contributed by atoms with E-state index in [0.717, 1.165) is 6.07 Å². The molecule has 0 unspecified atom stereocenters. The highest BCUT2D eigenvalue weighted by atomic mass is 79.9. The molecule has 7 heteroatoms. The van der Waals surface area contributed by atoms with Gasteiger partial charge >= 0.3 is 5.97 Å². The summed E-state index contributed by atoms with van der Waals surface area (Å²) < 4.78 is 26.6. The quantitative estimate of drug-likeness (QED) is 0.825. The van der Waals surface area contributed by atoms with Gasteiger partial charge in [0.2, 0.25) is 0 Å². The van der Waals surface area contributed by atoms with E-state index >= 15 is 0 Å². The van der Waals surface area contributed by atoms with Crippen molar-refractivity contribution in [2.75, 3.05) is 5.32 Å². The first-order valence-corrected chi connectivity index (χ1v) is 6.47. The fourth-order valence-corrected chi connectivity index (χ4v) is 1.92. The van der Waals surface area contributed by atoms with Crippen LogP contribution in [0.25, 0.3) is 0 Å². The molecular weight excluding hydrogens is 348 g/mol. The maximum atomic E-state index is 13.5. The number of halogens is 3. The maximum Gasteiger partial charge on any atom is 0.335 e. The third-order valence-electron chi connectivity index (χ3n) is 2.65. The number of nitrogens with one attached hydrogen (secondary N) is 1. The summed E-state index contributed by atoms with van der Waals surface area (Å²) in [6.07, 6.45) is 0. The molecule has 4 nitrogen and oxygen atoms in total. The highest BCUT2D eigenvalue weighted by molar-refractivity contribution is 9.10. The van der Waals surface area contributed by atoms with E-state index in [1.165, 1.54) is 24.3 Å². The minimum absolute atomic E-state index is 0.0143. The summed E-state index contributed by atoms with van der Waals surface area (Å²) in [4.78, 5) is 22.6. The number of aromatic carboxylic acids is 1. The van der Waals surface area contributed by atoms with Gasteiger partial charge in [-0.1, -0.05) is 0 Å². The van der Waals surface area contributed by atoms with Crippen LogP contribution in [0.2, 0.25) is 0 Å². The van der Waals surface area contributed by atoms with E-state index in [9.17, 15) is 18.4 Å². The van der Waals surface area contributed by atoms with Crippen LogP contribution in [0.4, 0.5) is 14.5 Å². The van der Waals surface area contributed by atoms with Crippen LogP contribution in [-0.2, 0) is 0 Å². The van der Waals surface area contributed by atoms with Crippen LogP contribution in [-0.4, -0.2) is 17.0 Å². The zero-order valence-electron chi connectivity index (χ0n) is 10.4. The number of hydrogen-bond donors (Lipinski definition) is 2. The van der Waals surface area contributed by atoms with Gasteiger partial charge in [-0.15, -0.1) is 0 Å². The van der Waals surface area contributed by atoms with Gasteiger partial charge in [-0.3, -0.25) is 4.79 Å². The zero-order valence-corrected chi connectivity index (χ0v) is 11.9. The molecule has 0 aliphatic heterocycles. The number of hydrogen-bond acceptors (Lipinski definition) is 2. The molecule has 0 aliphatic rings. The van der Waals surface area contributed by atoms with E-state index in [2.05, 4.69) is 21.2 Å². The largest absolute Gasteiger partial charge is 0.478 e. The molecule has 0 spiro atoms. The Kier molecular flexibility index (Phi) is 4.32. The van der Waals surface area contributed by atoms with E-state index in [4.69, 9.17) is 5.11 Å². The van der Waals surface area contributed by atoms with Crippen molar-refractivity contribution in [2.24, 2.45) is 0 Å². The van der Waals surface area contributed by atoms with Crippen molar-refractivity contribution in [2.45, 2.75) is 0 Å². The standard InChI is InChI=1S/C14H8BrF2NO3/c15-9-5-12(11(17)6-10(9)16)18-13(19)7-1-3-8(4-2-7)14(20)21/h1-6H,(H,18,19)(H,20,21). The third kappa shape index (κ3) is 3.43. The first-order chi connectivity index (χ1) is 9.88. The summed E-state index contributed by atoms with van der Waals surface area (Å²) in [6.45, 7) is 0. The van der Waals surface area contributed by atoms with Crippen LogP contribution in [0.3, 0.4) is 0 Å². The van der Waals surface area contributed by atoms with Gasteiger partial charge in [-0.25, -0.2) is 13.6 Å². The second kappa shape index (κ2) is 6.01. The van der Waals surface area contributed by atoms with Crippen molar-refractivity contribution in [1.29, 1.82) is 0 Å².